The number of nitrogens with zero attached hydrogens (tertiary/aromatic N) is 1. The number of carboxylic acids is 1. The fourth-order valence-corrected chi connectivity index (χ4v) is 2.56. The Kier molecular flexibility index (Phi) is 7.67. The first kappa shape index (κ1) is 19.1. The van der Waals surface area contributed by atoms with Gasteiger partial charge in [-0.15, -0.1) is 5.06 Å². The Morgan fingerprint density at radius 1 is 1.13 bits per heavy atom. The summed E-state index contributed by atoms with van der Waals surface area (Å²) in [6.45, 7) is 3.44. The predicted molar refractivity (Wildman–Crippen MR) is 77.3 cm³/mol. The van der Waals surface area contributed by atoms with Crippen molar-refractivity contribution in [2.75, 3.05) is 0 Å². The molecule has 2 aliphatic rings. The van der Waals surface area contributed by atoms with Gasteiger partial charge in [0.1, 0.15) is 0 Å². The quantitative estimate of drug-likeness (QED) is 0.465. The highest BCUT2D eigenvalue weighted by molar-refractivity contribution is 6.04. The summed E-state index contributed by atoms with van der Waals surface area (Å²) in [5.74, 6) is -2.68. The number of amides is 2. The van der Waals surface area contributed by atoms with E-state index < -0.39 is 11.9 Å². The molecule has 8 nitrogen and oxygen atoms in total. The third-order valence-electron chi connectivity index (χ3n) is 3.76. The minimum absolute atomic E-state index is 0.128. The molecule has 1 aliphatic carbocycles. The van der Waals surface area contributed by atoms with Crippen LogP contribution in [0, 0.1) is 11.8 Å². The number of carbonyl (C=O) groups is 4. The summed E-state index contributed by atoms with van der Waals surface area (Å²) in [5, 5.41) is 8.52. The Labute approximate surface area is 134 Å². The molecule has 2 unspecified atom stereocenters. The highest BCUT2D eigenvalue weighted by Gasteiger charge is 2.50. The van der Waals surface area contributed by atoms with Crippen molar-refractivity contribution in [3.8, 4) is 0 Å². The molecule has 2 atom stereocenters. The molecule has 0 spiro atoms. The standard InChI is InChI=1S/C11H15NO5.C4H8O2/c1-2-9(13)16-17-12-10(14)7-5-3-4-6-8(7)11(12)15;1-2-3-4(5)6/h7-8H,2-6H2,1H3;2-3H2,1H3,(H,5,6). The highest BCUT2D eigenvalue weighted by Crippen LogP contribution is 2.38. The van der Waals surface area contributed by atoms with Crippen LogP contribution in [0.25, 0.3) is 0 Å². The van der Waals surface area contributed by atoms with Crippen LogP contribution in [-0.2, 0) is 29.1 Å². The van der Waals surface area contributed by atoms with Crippen LogP contribution >= 0.6 is 0 Å². The lowest BCUT2D eigenvalue weighted by Gasteiger charge is -2.19. The van der Waals surface area contributed by atoms with E-state index in [2.05, 4.69) is 9.88 Å². The van der Waals surface area contributed by atoms with Gasteiger partial charge in [-0.2, -0.15) is 0 Å². The molecule has 2 amide bonds. The van der Waals surface area contributed by atoms with Gasteiger partial charge >= 0.3 is 11.9 Å². The second kappa shape index (κ2) is 9.24. The number of carbonyl (C=O) groups excluding carboxylic acids is 3. The van der Waals surface area contributed by atoms with Gasteiger partial charge in [-0.1, -0.05) is 26.7 Å². The number of hydrogen-bond donors (Lipinski definition) is 1. The van der Waals surface area contributed by atoms with Crippen molar-refractivity contribution in [3.05, 3.63) is 0 Å². The SMILES string of the molecule is CCC(=O)OON1C(=O)C2CCCCC2C1=O.CCCC(=O)O. The van der Waals surface area contributed by atoms with E-state index in [1.165, 1.54) is 0 Å². The van der Waals surface area contributed by atoms with E-state index in [1.807, 2.05) is 6.92 Å². The average molecular weight is 329 g/mol. The van der Waals surface area contributed by atoms with Crippen molar-refractivity contribution < 1.29 is 34.2 Å². The zero-order valence-electron chi connectivity index (χ0n) is 13.4. The van der Waals surface area contributed by atoms with Crippen molar-refractivity contribution in [2.45, 2.75) is 58.8 Å². The van der Waals surface area contributed by atoms with Gasteiger partial charge in [-0.3, -0.25) is 19.3 Å². The molecule has 0 bridgehead atoms. The summed E-state index contributed by atoms with van der Waals surface area (Å²) >= 11 is 0. The number of imide groups is 1. The molecule has 23 heavy (non-hydrogen) atoms. The molecule has 0 radical (unpaired) electrons. The minimum Gasteiger partial charge on any atom is -0.481 e. The maximum absolute atomic E-state index is 11.8. The third-order valence-corrected chi connectivity index (χ3v) is 3.76. The Hall–Kier alpha value is -1.96. The normalized spacial score (nSPS) is 23.0. The van der Waals surface area contributed by atoms with Crippen LogP contribution < -0.4 is 0 Å². The fraction of sp³-hybridized carbons (Fsp3) is 0.733. The molecule has 0 aromatic rings. The number of carboxylic acid groups (broad SMARTS) is 1. The molecular formula is C15H23NO7. The van der Waals surface area contributed by atoms with Crippen LogP contribution in [0.5, 0.6) is 0 Å². The third kappa shape index (κ3) is 5.31. The first-order valence-electron chi connectivity index (χ1n) is 7.89. The van der Waals surface area contributed by atoms with E-state index in [1.54, 1.807) is 6.92 Å². The summed E-state index contributed by atoms with van der Waals surface area (Å²) < 4.78 is 0. The summed E-state index contributed by atoms with van der Waals surface area (Å²) in [6.07, 6.45) is 4.46. The van der Waals surface area contributed by atoms with Crippen molar-refractivity contribution >= 4 is 23.8 Å². The van der Waals surface area contributed by atoms with E-state index in [4.69, 9.17) is 5.11 Å². The van der Waals surface area contributed by atoms with Gasteiger partial charge < -0.3 is 5.11 Å². The van der Waals surface area contributed by atoms with Crippen LogP contribution in [-0.4, -0.2) is 33.9 Å². The molecule has 0 aromatic carbocycles. The molecule has 1 aliphatic heterocycles. The molecular weight excluding hydrogens is 306 g/mol. The molecule has 0 aromatic heterocycles. The Balaban J connectivity index is 0.000000379. The Bertz CT molecular complexity index is 439. The van der Waals surface area contributed by atoms with Crippen molar-refractivity contribution in [1.82, 2.24) is 5.06 Å². The van der Waals surface area contributed by atoms with E-state index in [-0.39, 0.29) is 30.1 Å². The van der Waals surface area contributed by atoms with Crippen LogP contribution in [0.15, 0.2) is 0 Å². The van der Waals surface area contributed by atoms with E-state index in [0.717, 1.165) is 19.3 Å². The van der Waals surface area contributed by atoms with E-state index in [0.29, 0.717) is 24.3 Å². The maximum atomic E-state index is 11.8. The van der Waals surface area contributed by atoms with Crippen LogP contribution in [0.3, 0.4) is 0 Å². The first-order chi connectivity index (χ1) is 10.9. The van der Waals surface area contributed by atoms with Crippen LogP contribution in [0.2, 0.25) is 0 Å². The van der Waals surface area contributed by atoms with Crippen LogP contribution in [0.1, 0.15) is 58.8 Å². The largest absolute Gasteiger partial charge is 0.481 e. The van der Waals surface area contributed by atoms with Gasteiger partial charge in [-0.05, 0) is 24.3 Å². The van der Waals surface area contributed by atoms with E-state index >= 15 is 0 Å². The number of rotatable bonds is 5. The zero-order valence-corrected chi connectivity index (χ0v) is 13.4. The van der Waals surface area contributed by atoms with Crippen molar-refractivity contribution in [2.24, 2.45) is 11.8 Å². The zero-order chi connectivity index (χ0) is 17.4. The number of aliphatic carboxylic acids is 1. The van der Waals surface area contributed by atoms with Gasteiger partial charge in [0.25, 0.3) is 11.8 Å². The fourth-order valence-electron chi connectivity index (χ4n) is 2.56. The van der Waals surface area contributed by atoms with Gasteiger partial charge in [-0.25, -0.2) is 4.79 Å². The number of hydroxylamine groups is 2. The summed E-state index contributed by atoms with van der Waals surface area (Å²) in [5.41, 5.74) is 0. The van der Waals surface area contributed by atoms with E-state index in [9.17, 15) is 19.2 Å². The highest BCUT2D eigenvalue weighted by atomic mass is 17.3. The van der Waals surface area contributed by atoms with Gasteiger partial charge in [0.15, 0.2) is 0 Å². The predicted octanol–water partition coefficient (Wildman–Crippen LogP) is 1.83. The molecule has 130 valence electrons. The lowest BCUT2D eigenvalue weighted by atomic mass is 9.81. The Morgan fingerprint density at radius 2 is 1.65 bits per heavy atom. The number of hydrogen-bond acceptors (Lipinski definition) is 6. The van der Waals surface area contributed by atoms with Gasteiger partial charge in [0.05, 0.1) is 11.8 Å². The molecule has 2 fully saturated rings. The molecule has 8 heteroatoms. The minimum atomic E-state index is -0.711. The van der Waals surface area contributed by atoms with Gasteiger partial charge in [0, 0.05) is 12.8 Å². The average Bonchev–Trinajstić information content (AvgIpc) is 2.77. The summed E-state index contributed by atoms with van der Waals surface area (Å²) in [7, 11) is 0. The summed E-state index contributed by atoms with van der Waals surface area (Å²) in [4.78, 5) is 53.1. The molecule has 2 rings (SSSR count). The molecule has 1 heterocycles. The topological polar surface area (TPSA) is 110 Å². The summed E-state index contributed by atoms with van der Waals surface area (Å²) in [6, 6.07) is 0. The smallest absolute Gasteiger partial charge is 0.344 e. The first-order valence-corrected chi connectivity index (χ1v) is 7.89. The molecule has 1 saturated heterocycles. The second-order valence-electron chi connectivity index (χ2n) is 5.50. The maximum Gasteiger partial charge on any atom is 0.344 e. The van der Waals surface area contributed by atoms with Gasteiger partial charge in [0.2, 0.25) is 0 Å². The van der Waals surface area contributed by atoms with Crippen LogP contribution in [0.4, 0.5) is 0 Å². The van der Waals surface area contributed by atoms with Crippen molar-refractivity contribution in [1.29, 1.82) is 0 Å². The monoisotopic (exact) mass is 329 g/mol. The lowest BCUT2D eigenvalue weighted by Crippen LogP contribution is -2.32. The lowest BCUT2D eigenvalue weighted by molar-refractivity contribution is -0.365. The molecule has 1 saturated carbocycles. The Morgan fingerprint density at radius 3 is 2.00 bits per heavy atom. The second-order valence-corrected chi connectivity index (χ2v) is 5.50. The van der Waals surface area contributed by atoms with Crippen molar-refractivity contribution in [3.63, 3.8) is 0 Å². The molecule has 1 N–H and O–H groups in total. The number of fused-ring (bicyclic) bond motifs is 1.